The number of aliphatic hydroxyl groups excluding tert-OH is 1. The number of aliphatic hydroxyl groups is 1. The molecule has 1 aromatic rings. The summed E-state index contributed by atoms with van der Waals surface area (Å²) in [6, 6.07) is 5.75. The average molecular weight is 294 g/mol. The molecule has 0 aromatic heterocycles. The van der Waals surface area contributed by atoms with Crippen LogP contribution in [0, 0.1) is 0 Å². The van der Waals surface area contributed by atoms with Gasteiger partial charge in [-0.1, -0.05) is 24.3 Å². The molecule has 0 atom stereocenters. The summed E-state index contributed by atoms with van der Waals surface area (Å²) >= 11 is 0. The molecule has 0 amide bonds. The maximum atomic E-state index is 11.3. The molecule has 116 valence electrons. The number of carboxylic acid groups (broad SMARTS) is 1. The van der Waals surface area contributed by atoms with Crippen molar-refractivity contribution in [2.24, 2.45) is 0 Å². The summed E-state index contributed by atoms with van der Waals surface area (Å²) in [5, 5.41) is 17.2. The van der Waals surface area contributed by atoms with Crippen LogP contribution in [0.15, 0.2) is 49.6 Å². The van der Waals surface area contributed by atoms with E-state index in [2.05, 4.69) is 17.9 Å². The summed E-state index contributed by atoms with van der Waals surface area (Å²) < 4.78 is 4.62. The lowest BCUT2D eigenvalue weighted by Gasteiger charge is -2.05. The largest absolute Gasteiger partial charge is 0.478 e. The Kier molecular flexibility index (Phi) is 14.0. The SMILES string of the molecule is C=CC.C=CC.O=C(O)c1ccccc1C(=O)OCCO. The number of ether oxygens (including phenoxy) is 1. The van der Waals surface area contributed by atoms with Gasteiger partial charge in [0.25, 0.3) is 0 Å². The van der Waals surface area contributed by atoms with E-state index in [1.807, 2.05) is 13.8 Å². The van der Waals surface area contributed by atoms with E-state index >= 15 is 0 Å². The standard InChI is InChI=1S/C10H10O5.2C3H6/c11-5-6-15-10(14)8-4-2-1-3-7(8)9(12)13;2*1-3-2/h1-4,11H,5-6H2,(H,12,13);2*3H,1H2,2H3. The lowest BCUT2D eigenvalue weighted by Crippen LogP contribution is -2.13. The van der Waals surface area contributed by atoms with Crippen LogP contribution in [0.4, 0.5) is 0 Å². The first-order chi connectivity index (χ1) is 9.99. The van der Waals surface area contributed by atoms with Gasteiger partial charge in [-0.3, -0.25) is 0 Å². The molecule has 5 nitrogen and oxygen atoms in total. The summed E-state index contributed by atoms with van der Waals surface area (Å²) in [4.78, 5) is 22.1. The van der Waals surface area contributed by atoms with Crippen molar-refractivity contribution in [1.29, 1.82) is 0 Å². The summed E-state index contributed by atoms with van der Waals surface area (Å²) in [5.74, 6) is -1.94. The Morgan fingerprint density at radius 2 is 1.57 bits per heavy atom. The average Bonchev–Trinajstić information content (AvgIpc) is 2.46. The van der Waals surface area contributed by atoms with Gasteiger partial charge in [0.1, 0.15) is 6.61 Å². The fourth-order valence-corrected chi connectivity index (χ4v) is 1.06. The zero-order valence-electron chi connectivity index (χ0n) is 12.4. The van der Waals surface area contributed by atoms with E-state index < -0.39 is 11.9 Å². The second-order valence-corrected chi connectivity index (χ2v) is 3.53. The number of aromatic carboxylic acids is 1. The van der Waals surface area contributed by atoms with Crippen molar-refractivity contribution in [2.75, 3.05) is 13.2 Å². The van der Waals surface area contributed by atoms with Crippen LogP contribution in [0.25, 0.3) is 0 Å². The van der Waals surface area contributed by atoms with Crippen molar-refractivity contribution < 1.29 is 24.5 Å². The number of hydrogen-bond acceptors (Lipinski definition) is 4. The monoisotopic (exact) mass is 294 g/mol. The first-order valence-corrected chi connectivity index (χ1v) is 6.24. The number of benzene rings is 1. The van der Waals surface area contributed by atoms with Crippen molar-refractivity contribution in [3.63, 3.8) is 0 Å². The Labute approximate surface area is 125 Å². The summed E-state index contributed by atoms with van der Waals surface area (Å²) in [5.41, 5.74) is -0.126. The third kappa shape index (κ3) is 10.1. The lowest BCUT2D eigenvalue weighted by atomic mass is 10.1. The van der Waals surface area contributed by atoms with Crippen molar-refractivity contribution in [2.45, 2.75) is 13.8 Å². The molecule has 0 spiro atoms. The minimum Gasteiger partial charge on any atom is -0.478 e. The van der Waals surface area contributed by atoms with Crippen LogP contribution in [0.5, 0.6) is 0 Å². The molecule has 0 saturated heterocycles. The Hall–Kier alpha value is -2.40. The van der Waals surface area contributed by atoms with Crippen molar-refractivity contribution in [3.8, 4) is 0 Å². The topological polar surface area (TPSA) is 83.8 Å². The van der Waals surface area contributed by atoms with Gasteiger partial charge in [0.2, 0.25) is 0 Å². The molecule has 0 saturated carbocycles. The Balaban J connectivity index is 0. The molecule has 5 heteroatoms. The molecule has 0 heterocycles. The Morgan fingerprint density at radius 3 is 1.95 bits per heavy atom. The first kappa shape index (κ1) is 20.9. The number of carbonyl (C=O) groups excluding carboxylic acids is 1. The molecule has 0 aliphatic heterocycles. The molecular formula is C16H22O5. The summed E-state index contributed by atoms with van der Waals surface area (Å²) in [6.07, 6.45) is 3.50. The van der Waals surface area contributed by atoms with Crippen LogP contribution in [-0.4, -0.2) is 35.4 Å². The van der Waals surface area contributed by atoms with Crippen LogP contribution in [0.1, 0.15) is 34.6 Å². The second kappa shape index (κ2) is 14.0. The van der Waals surface area contributed by atoms with E-state index in [4.69, 9.17) is 10.2 Å². The lowest BCUT2D eigenvalue weighted by molar-refractivity contribution is 0.0426. The van der Waals surface area contributed by atoms with Gasteiger partial charge in [-0.2, -0.15) is 0 Å². The van der Waals surface area contributed by atoms with Gasteiger partial charge in [-0.15, -0.1) is 13.2 Å². The summed E-state index contributed by atoms with van der Waals surface area (Å²) in [6.45, 7) is 10.1. The number of carboxylic acids is 1. The molecule has 21 heavy (non-hydrogen) atoms. The third-order valence-electron chi connectivity index (χ3n) is 1.70. The fraction of sp³-hybridized carbons (Fsp3) is 0.250. The number of esters is 1. The highest BCUT2D eigenvalue weighted by molar-refractivity contribution is 6.02. The minimum atomic E-state index is -1.19. The Morgan fingerprint density at radius 1 is 1.14 bits per heavy atom. The molecule has 0 fully saturated rings. The molecule has 0 aliphatic rings. The van der Waals surface area contributed by atoms with E-state index in [-0.39, 0.29) is 24.3 Å². The molecule has 0 aliphatic carbocycles. The number of carbonyl (C=O) groups is 2. The van der Waals surface area contributed by atoms with Gasteiger partial charge in [-0.25, -0.2) is 9.59 Å². The molecule has 2 N–H and O–H groups in total. The Bertz CT molecular complexity index is 446. The van der Waals surface area contributed by atoms with Gasteiger partial charge in [0.05, 0.1) is 17.7 Å². The van der Waals surface area contributed by atoms with Crippen LogP contribution in [-0.2, 0) is 4.74 Å². The van der Waals surface area contributed by atoms with Gasteiger partial charge in [-0.05, 0) is 26.0 Å². The third-order valence-corrected chi connectivity index (χ3v) is 1.70. The molecule has 0 bridgehead atoms. The van der Waals surface area contributed by atoms with Crippen molar-refractivity contribution >= 4 is 11.9 Å². The first-order valence-electron chi connectivity index (χ1n) is 6.24. The molecule has 1 rings (SSSR count). The number of allylic oxidation sites excluding steroid dienone is 2. The van der Waals surface area contributed by atoms with Gasteiger partial charge in [0, 0.05) is 0 Å². The van der Waals surface area contributed by atoms with E-state index in [0.29, 0.717) is 0 Å². The predicted molar refractivity (Wildman–Crippen MR) is 82.5 cm³/mol. The van der Waals surface area contributed by atoms with Crippen LogP contribution in [0.3, 0.4) is 0 Å². The van der Waals surface area contributed by atoms with Crippen LogP contribution >= 0.6 is 0 Å². The van der Waals surface area contributed by atoms with E-state index in [1.165, 1.54) is 18.2 Å². The number of rotatable bonds is 4. The van der Waals surface area contributed by atoms with Gasteiger partial charge >= 0.3 is 11.9 Å². The highest BCUT2D eigenvalue weighted by Gasteiger charge is 2.16. The van der Waals surface area contributed by atoms with Gasteiger partial charge in [0.15, 0.2) is 0 Å². The maximum Gasteiger partial charge on any atom is 0.339 e. The number of hydrogen-bond donors (Lipinski definition) is 2. The normalized spacial score (nSPS) is 8.14. The highest BCUT2D eigenvalue weighted by atomic mass is 16.5. The van der Waals surface area contributed by atoms with Crippen LogP contribution < -0.4 is 0 Å². The zero-order valence-corrected chi connectivity index (χ0v) is 12.4. The quantitative estimate of drug-likeness (QED) is 0.659. The van der Waals surface area contributed by atoms with E-state index in [0.717, 1.165) is 0 Å². The van der Waals surface area contributed by atoms with Gasteiger partial charge < -0.3 is 14.9 Å². The predicted octanol–water partition coefficient (Wildman–Crippen LogP) is 2.92. The highest BCUT2D eigenvalue weighted by Crippen LogP contribution is 2.10. The van der Waals surface area contributed by atoms with E-state index in [1.54, 1.807) is 18.2 Å². The molecule has 0 unspecified atom stereocenters. The second-order valence-electron chi connectivity index (χ2n) is 3.53. The smallest absolute Gasteiger partial charge is 0.339 e. The molecule has 1 aromatic carbocycles. The van der Waals surface area contributed by atoms with Crippen molar-refractivity contribution in [3.05, 3.63) is 60.7 Å². The zero-order chi connectivity index (χ0) is 16.7. The molecule has 0 radical (unpaired) electrons. The maximum absolute atomic E-state index is 11.3. The fourth-order valence-electron chi connectivity index (χ4n) is 1.06. The van der Waals surface area contributed by atoms with Crippen molar-refractivity contribution in [1.82, 2.24) is 0 Å². The minimum absolute atomic E-state index is 0.0153. The van der Waals surface area contributed by atoms with Crippen LogP contribution in [0.2, 0.25) is 0 Å². The van der Waals surface area contributed by atoms with E-state index in [9.17, 15) is 9.59 Å². The summed E-state index contributed by atoms with van der Waals surface area (Å²) in [7, 11) is 0. The molecular weight excluding hydrogens is 272 g/mol.